The molecule has 4 rings (SSSR count). The average Bonchev–Trinajstić information content (AvgIpc) is 3.64. The van der Waals surface area contributed by atoms with E-state index in [0.29, 0.717) is 13.1 Å². The van der Waals surface area contributed by atoms with Crippen LogP contribution in [0.15, 0.2) is 48.5 Å². The third-order valence-electron chi connectivity index (χ3n) is 6.03. The molecule has 0 aromatic heterocycles. The number of para-hydroxylation sites is 1. The average molecular weight is 421 g/mol. The van der Waals surface area contributed by atoms with Crippen molar-refractivity contribution in [3.8, 4) is 0 Å². The molecule has 1 aliphatic carbocycles. The minimum Gasteiger partial charge on any atom is -0.371 e. The van der Waals surface area contributed by atoms with Crippen LogP contribution in [-0.2, 0) is 17.9 Å². The van der Waals surface area contributed by atoms with Crippen LogP contribution in [-0.4, -0.2) is 37.0 Å². The fraction of sp³-hybridized carbons (Fsp3) is 0.440. The SMILES string of the molecule is CN(Cc1ccccc1N1CCCCC1)C(=O)NCc1cccc(NC(=O)C2CC2)c1. The smallest absolute Gasteiger partial charge is 0.317 e. The Labute approximate surface area is 184 Å². The Hall–Kier alpha value is -3.02. The second kappa shape index (κ2) is 9.86. The molecule has 2 N–H and O–H groups in total. The maximum absolute atomic E-state index is 12.7. The van der Waals surface area contributed by atoms with Gasteiger partial charge in [-0.2, -0.15) is 0 Å². The zero-order valence-corrected chi connectivity index (χ0v) is 18.3. The number of carbonyl (C=O) groups is 2. The van der Waals surface area contributed by atoms with Crippen LogP contribution >= 0.6 is 0 Å². The first-order valence-corrected chi connectivity index (χ1v) is 11.3. The van der Waals surface area contributed by atoms with Gasteiger partial charge in [-0.3, -0.25) is 4.79 Å². The lowest BCUT2D eigenvalue weighted by Gasteiger charge is -2.31. The van der Waals surface area contributed by atoms with Crippen molar-refractivity contribution in [1.82, 2.24) is 10.2 Å². The highest BCUT2D eigenvalue weighted by atomic mass is 16.2. The second-order valence-corrected chi connectivity index (χ2v) is 8.66. The first-order chi connectivity index (χ1) is 15.1. The van der Waals surface area contributed by atoms with Crippen molar-refractivity contribution < 1.29 is 9.59 Å². The molecular weight excluding hydrogens is 388 g/mol. The van der Waals surface area contributed by atoms with E-state index in [1.54, 1.807) is 4.90 Å². The predicted octanol–water partition coefficient (Wildman–Crippen LogP) is 4.37. The van der Waals surface area contributed by atoms with Gasteiger partial charge < -0.3 is 20.4 Å². The molecule has 1 saturated carbocycles. The lowest BCUT2D eigenvalue weighted by molar-refractivity contribution is -0.117. The van der Waals surface area contributed by atoms with E-state index in [1.807, 2.05) is 37.4 Å². The van der Waals surface area contributed by atoms with Crippen molar-refractivity contribution in [2.45, 2.75) is 45.2 Å². The Bertz CT molecular complexity index is 919. The maximum atomic E-state index is 12.7. The van der Waals surface area contributed by atoms with Gasteiger partial charge in [0, 0.05) is 50.5 Å². The molecule has 6 nitrogen and oxygen atoms in total. The minimum atomic E-state index is -0.110. The molecule has 31 heavy (non-hydrogen) atoms. The number of urea groups is 1. The maximum Gasteiger partial charge on any atom is 0.317 e. The number of hydrogen-bond donors (Lipinski definition) is 2. The molecule has 0 unspecified atom stereocenters. The fourth-order valence-electron chi connectivity index (χ4n) is 4.08. The first-order valence-electron chi connectivity index (χ1n) is 11.3. The monoisotopic (exact) mass is 420 g/mol. The van der Waals surface area contributed by atoms with E-state index in [-0.39, 0.29) is 17.9 Å². The number of piperidine rings is 1. The molecule has 2 aromatic carbocycles. The van der Waals surface area contributed by atoms with Gasteiger partial charge >= 0.3 is 6.03 Å². The van der Waals surface area contributed by atoms with Crippen molar-refractivity contribution in [3.05, 3.63) is 59.7 Å². The largest absolute Gasteiger partial charge is 0.371 e. The van der Waals surface area contributed by atoms with E-state index in [4.69, 9.17) is 0 Å². The van der Waals surface area contributed by atoms with Crippen LogP contribution in [0.25, 0.3) is 0 Å². The first kappa shape index (κ1) is 21.2. The van der Waals surface area contributed by atoms with Crippen LogP contribution in [0.1, 0.15) is 43.2 Å². The van der Waals surface area contributed by atoms with Gasteiger partial charge in [0.25, 0.3) is 0 Å². The summed E-state index contributed by atoms with van der Waals surface area (Å²) in [6, 6.07) is 15.9. The van der Waals surface area contributed by atoms with Gasteiger partial charge in [0.15, 0.2) is 0 Å². The van der Waals surface area contributed by atoms with Gasteiger partial charge in [-0.25, -0.2) is 4.79 Å². The molecule has 1 aliphatic heterocycles. The Morgan fingerprint density at radius 2 is 1.81 bits per heavy atom. The molecule has 2 aromatic rings. The van der Waals surface area contributed by atoms with Gasteiger partial charge in [0.1, 0.15) is 0 Å². The molecule has 0 bridgehead atoms. The van der Waals surface area contributed by atoms with Crippen LogP contribution < -0.4 is 15.5 Å². The molecule has 3 amide bonds. The molecule has 0 radical (unpaired) electrons. The standard InChI is InChI=1S/C25H32N4O2/c1-28(18-21-9-3-4-11-23(21)29-14-5-2-6-15-29)25(31)26-17-19-8-7-10-22(16-19)27-24(30)20-12-13-20/h3-4,7-11,16,20H,2,5-6,12-15,17-18H2,1H3,(H,26,31)(H,27,30). The van der Waals surface area contributed by atoms with E-state index >= 15 is 0 Å². The van der Waals surface area contributed by atoms with Gasteiger partial charge in [-0.05, 0) is 61.4 Å². The molecule has 1 saturated heterocycles. The molecule has 2 aliphatic rings. The molecule has 2 fully saturated rings. The van der Waals surface area contributed by atoms with Gasteiger partial charge in [-0.15, -0.1) is 0 Å². The van der Waals surface area contributed by atoms with Crippen molar-refractivity contribution in [2.24, 2.45) is 5.92 Å². The highest BCUT2D eigenvalue weighted by Gasteiger charge is 2.29. The van der Waals surface area contributed by atoms with Crippen molar-refractivity contribution in [1.29, 1.82) is 0 Å². The Morgan fingerprint density at radius 3 is 2.58 bits per heavy atom. The lowest BCUT2D eigenvalue weighted by atomic mass is 10.1. The summed E-state index contributed by atoms with van der Waals surface area (Å²) in [5, 5.41) is 5.95. The lowest BCUT2D eigenvalue weighted by Crippen LogP contribution is -2.37. The number of nitrogens with zero attached hydrogens (tertiary/aromatic N) is 2. The Morgan fingerprint density at radius 1 is 1.03 bits per heavy atom. The third-order valence-corrected chi connectivity index (χ3v) is 6.03. The van der Waals surface area contributed by atoms with Gasteiger partial charge in [0.05, 0.1) is 0 Å². The number of amides is 3. The van der Waals surface area contributed by atoms with E-state index < -0.39 is 0 Å². The van der Waals surface area contributed by atoms with Gasteiger partial charge in [-0.1, -0.05) is 30.3 Å². The highest BCUT2D eigenvalue weighted by Crippen LogP contribution is 2.30. The van der Waals surface area contributed by atoms with E-state index in [2.05, 4.69) is 33.7 Å². The van der Waals surface area contributed by atoms with Crippen LogP contribution in [0, 0.1) is 5.92 Å². The van der Waals surface area contributed by atoms with Crippen LogP contribution in [0.5, 0.6) is 0 Å². The number of nitrogens with one attached hydrogen (secondary N) is 2. The third kappa shape index (κ3) is 5.78. The zero-order chi connectivity index (χ0) is 21.6. The minimum absolute atomic E-state index is 0.0910. The van der Waals surface area contributed by atoms with Crippen molar-refractivity contribution in [3.63, 3.8) is 0 Å². The number of benzene rings is 2. The van der Waals surface area contributed by atoms with Gasteiger partial charge in [0.2, 0.25) is 5.91 Å². The number of rotatable bonds is 7. The van der Waals surface area contributed by atoms with E-state index in [1.165, 1.54) is 30.5 Å². The topological polar surface area (TPSA) is 64.7 Å². The predicted molar refractivity (Wildman–Crippen MR) is 124 cm³/mol. The summed E-state index contributed by atoms with van der Waals surface area (Å²) >= 11 is 0. The van der Waals surface area contributed by atoms with Crippen molar-refractivity contribution >= 4 is 23.3 Å². The molecule has 164 valence electrons. The molecule has 0 spiro atoms. The van der Waals surface area contributed by atoms with Crippen LogP contribution in [0.2, 0.25) is 0 Å². The normalized spacial score (nSPS) is 16.0. The summed E-state index contributed by atoms with van der Waals surface area (Å²) in [7, 11) is 1.83. The number of hydrogen-bond acceptors (Lipinski definition) is 3. The molecule has 6 heteroatoms. The number of anilines is 2. The Balaban J connectivity index is 1.32. The summed E-state index contributed by atoms with van der Waals surface area (Å²) in [5.41, 5.74) is 4.16. The van der Waals surface area contributed by atoms with Crippen molar-refractivity contribution in [2.75, 3.05) is 30.4 Å². The summed E-state index contributed by atoms with van der Waals surface area (Å²) in [6.07, 6.45) is 5.71. The van der Waals surface area contributed by atoms with Crippen LogP contribution in [0.4, 0.5) is 16.2 Å². The van der Waals surface area contributed by atoms with E-state index in [0.717, 1.165) is 37.2 Å². The Kier molecular flexibility index (Phi) is 6.75. The summed E-state index contributed by atoms with van der Waals surface area (Å²) < 4.78 is 0. The molecule has 1 heterocycles. The molecular formula is C25H32N4O2. The van der Waals surface area contributed by atoms with E-state index in [9.17, 15) is 9.59 Å². The number of carbonyl (C=O) groups excluding carboxylic acids is 2. The highest BCUT2D eigenvalue weighted by molar-refractivity contribution is 5.94. The van der Waals surface area contributed by atoms with Crippen LogP contribution in [0.3, 0.4) is 0 Å². The quantitative estimate of drug-likeness (QED) is 0.699. The second-order valence-electron chi connectivity index (χ2n) is 8.66. The summed E-state index contributed by atoms with van der Waals surface area (Å²) in [5.74, 6) is 0.262. The molecule has 0 atom stereocenters. The fourth-order valence-corrected chi connectivity index (χ4v) is 4.08. The summed E-state index contributed by atoms with van der Waals surface area (Å²) in [4.78, 5) is 28.8. The zero-order valence-electron chi connectivity index (χ0n) is 18.3. The summed E-state index contributed by atoms with van der Waals surface area (Å²) in [6.45, 7) is 3.15.